The lowest BCUT2D eigenvalue weighted by Gasteiger charge is -2.35. The smallest absolute Gasteiger partial charge is 0.357 e. The van der Waals surface area contributed by atoms with E-state index in [9.17, 15) is 4.79 Å². The molecule has 2 saturated heterocycles. The van der Waals surface area contributed by atoms with Crippen LogP contribution in [0.1, 0.15) is 56.8 Å². The summed E-state index contributed by atoms with van der Waals surface area (Å²) in [7, 11) is 0. The van der Waals surface area contributed by atoms with Gasteiger partial charge in [-0.05, 0) is 52.2 Å². The molecule has 2 fully saturated rings. The van der Waals surface area contributed by atoms with Crippen LogP contribution in [0.2, 0.25) is 0 Å². The molecule has 0 aromatic carbocycles. The van der Waals surface area contributed by atoms with Gasteiger partial charge in [0, 0.05) is 31.9 Å². The number of carbonyl (C=O) groups excluding carboxylic acids is 1. The topological polar surface area (TPSA) is 96.5 Å². The van der Waals surface area contributed by atoms with Crippen molar-refractivity contribution in [3.8, 4) is 11.4 Å². The SMILES string of the molecule is CCOC(=O)c1cc(N2CCOC[C@H]2C)c2c(n1)c(-c1ccnn1C1CCCCO1)nn2CC. The molecular weight excluding hydrogens is 436 g/mol. The van der Waals surface area contributed by atoms with Gasteiger partial charge in [0.15, 0.2) is 11.9 Å². The molecule has 1 unspecified atom stereocenters. The van der Waals surface area contributed by atoms with Crippen molar-refractivity contribution in [1.82, 2.24) is 24.5 Å². The van der Waals surface area contributed by atoms with Crippen LogP contribution in [0, 0.1) is 0 Å². The fourth-order valence-electron chi connectivity index (χ4n) is 4.83. The number of morpholine rings is 1. The quantitative estimate of drug-likeness (QED) is 0.508. The molecule has 0 radical (unpaired) electrons. The molecule has 2 aliphatic rings. The highest BCUT2D eigenvalue weighted by Crippen LogP contribution is 2.36. The van der Waals surface area contributed by atoms with Crippen LogP contribution < -0.4 is 4.90 Å². The molecule has 3 aromatic rings. The largest absolute Gasteiger partial charge is 0.461 e. The number of hydrogen-bond donors (Lipinski definition) is 0. The van der Waals surface area contributed by atoms with Gasteiger partial charge in [-0.15, -0.1) is 0 Å². The van der Waals surface area contributed by atoms with E-state index >= 15 is 0 Å². The third-order valence-electron chi connectivity index (χ3n) is 6.48. The van der Waals surface area contributed by atoms with Crippen molar-refractivity contribution >= 4 is 22.7 Å². The van der Waals surface area contributed by atoms with E-state index in [4.69, 9.17) is 24.3 Å². The lowest BCUT2D eigenvalue weighted by molar-refractivity contribution is -0.0384. The summed E-state index contributed by atoms with van der Waals surface area (Å²) < 4.78 is 20.9. The van der Waals surface area contributed by atoms with E-state index in [0.29, 0.717) is 31.0 Å². The van der Waals surface area contributed by atoms with Crippen LogP contribution in [-0.4, -0.2) is 69.5 Å². The predicted octanol–water partition coefficient (Wildman–Crippen LogP) is 3.42. The zero-order chi connectivity index (χ0) is 23.7. The van der Waals surface area contributed by atoms with Crippen molar-refractivity contribution in [2.75, 3.05) is 37.9 Å². The van der Waals surface area contributed by atoms with Crippen LogP contribution in [0.5, 0.6) is 0 Å². The highest BCUT2D eigenvalue weighted by molar-refractivity contribution is 6.01. The fraction of sp³-hybridized carbons (Fsp3) is 0.583. The van der Waals surface area contributed by atoms with Gasteiger partial charge in [-0.25, -0.2) is 14.5 Å². The highest BCUT2D eigenvalue weighted by Gasteiger charge is 2.29. The summed E-state index contributed by atoms with van der Waals surface area (Å²) in [4.78, 5) is 19.9. The zero-order valence-corrected chi connectivity index (χ0v) is 20.1. The number of fused-ring (bicyclic) bond motifs is 1. The Kier molecular flexibility index (Phi) is 6.51. The van der Waals surface area contributed by atoms with Crippen LogP contribution in [0.15, 0.2) is 18.3 Å². The minimum Gasteiger partial charge on any atom is -0.461 e. The Morgan fingerprint density at radius 2 is 2.15 bits per heavy atom. The summed E-state index contributed by atoms with van der Waals surface area (Å²) in [6.07, 6.45) is 4.70. The average Bonchev–Trinajstić information content (AvgIpc) is 3.49. The molecule has 182 valence electrons. The van der Waals surface area contributed by atoms with Crippen LogP contribution in [0.25, 0.3) is 22.4 Å². The maximum atomic E-state index is 12.8. The molecule has 10 nitrogen and oxygen atoms in total. The van der Waals surface area contributed by atoms with Gasteiger partial charge in [-0.2, -0.15) is 10.2 Å². The maximum Gasteiger partial charge on any atom is 0.357 e. The van der Waals surface area contributed by atoms with Gasteiger partial charge in [-0.1, -0.05) is 0 Å². The van der Waals surface area contributed by atoms with Crippen molar-refractivity contribution in [1.29, 1.82) is 0 Å². The molecule has 0 spiro atoms. The van der Waals surface area contributed by atoms with E-state index in [0.717, 1.165) is 49.3 Å². The molecule has 0 amide bonds. The Labute approximate surface area is 198 Å². The van der Waals surface area contributed by atoms with Crippen molar-refractivity contribution < 1.29 is 19.0 Å². The van der Waals surface area contributed by atoms with E-state index in [-0.39, 0.29) is 24.6 Å². The molecule has 0 aliphatic carbocycles. The summed E-state index contributed by atoms with van der Waals surface area (Å²) in [5.74, 6) is -0.439. The molecular formula is C24H32N6O4. The minimum atomic E-state index is -0.439. The molecule has 3 aromatic heterocycles. The highest BCUT2D eigenvalue weighted by atomic mass is 16.5. The number of anilines is 1. The van der Waals surface area contributed by atoms with Gasteiger partial charge in [0.1, 0.15) is 16.7 Å². The Hall–Kier alpha value is -2.98. The summed E-state index contributed by atoms with van der Waals surface area (Å²) in [5.41, 5.74) is 4.29. The Morgan fingerprint density at radius 1 is 1.26 bits per heavy atom. The second kappa shape index (κ2) is 9.71. The number of esters is 1. The van der Waals surface area contributed by atoms with Crippen LogP contribution in [-0.2, 0) is 20.8 Å². The van der Waals surface area contributed by atoms with Gasteiger partial charge >= 0.3 is 5.97 Å². The molecule has 2 atom stereocenters. The summed E-state index contributed by atoms with van der Waals surface area (Å²) in [6.45, 7) is 9.62. The molecule has 2 aliphatic heterocycles. The molecule has 5 rings (SSSR count). The number of carbonyl (C=O) groups is 1. The van der Waals surface area contributed by atoms with Crippen molar-refractivity contribution in [3.05, 3.63) is 24.0 Å². The Balaban J connectivity index is 1.71. The van der Waals surface area contributed by atoms with E-state index in [1.807, 2.05) is 21.5 Å². The number of aryl methyl sites for hydroxylation is 1. The van der Waals surface area contributed by atoms with Gasteiger partial charge in [0.2, 0.25) is 0 Å². The second-order valence-corrected chi connectivity index (χ2v) is 8.71. The van der Waals surface area contributed by atoms with Crippen molar-refractivity contribution in [2.24, 2.45) is 0 Å². The van der Waals surface area contributed by atoms with Crippen LogP contribution in [0.3, 0.4) is 0 Å². The summed E-state index contributed by atoms with van der Waals surface area (Å²) in [5, 5.41) is 9.53. The minimum absolute atomic E-state index is 0.132. The number of hydrogen-bond acceptors (Lipinski definition) is 8. The second-order valence-electron chi connectivity index (χ2n) is 8.71. The number of ether oxygens (including phenoxy) is 3. The number of nitrogens with zero attached hydrogens (tertiary/aromatic N) is 6. The van der Waals surface area contributed by atoms with Gasteiger partial charge < -0.3 is 19.1 Å². The summed E-state index contributed by atoms with van der Waals surface area (Å²) >= 11 is 0. The number of rotatable bonds is 6. The molecule has 5 heterocycles. The molecule has 0 saturated carbocycles. The molecule has 0 bridgehead atoms. The first-order chi connectivity index (χ1) is 16.6. The van der Waals surface area contributed by atoms with Gasteiger partial charge in [-0.3, -0.25) is 4.68 Å². The van der Waals surface area contributed by atoms with E-state index in [1.54, 1.807) is 13.1 Å². The predicted molar refractivity (Wildman–Crippen MR) is 127 cm³/mol. The maximum absolute atomic E-state index is 12.8. The third kappa shape index (κ3) is 4.05. The summed E-state index contributed by atoms with van der Waals surface area (Å²) in [6, 6.07) is 3.93. The normalized spacial score (nSPS) is 21.2. The standard InChI is InChI=1S/C24H32N6O4/c1-4-29-23-19(28-11-13-32-15-16(28)3)14-17(24(31)33-5-2)26-22(23)21(27-29)18-9-10-25-30(18)20-8-6-7-12-34-20/h9-10,14,16,20H,4-8,11-13,15H2,1-3H3/t16-,20?/m1/s1. The van der Waals surface area contributed by atoms with Gasteiger partial charge in [0.25, 0.3) is 0 Å². The first kappa shape index (κ1) is 22.8. The van der Waals surface area contributed by atoms with E-state index in [1.165, 1.54) is 0 Å². The number of pyridine rings is 1. The molecule has 10 heteroatoms. The van der Waals surface area contributed by atoms with E-state index in [2.05, 4.69) is 23.8 Å². The van der Waals surface area contributed by atoms with Crippen molar-refractivity contribution in [3.63, 3.8) is 0 Å². The lowest BCUT2D eigenvalue weighted by Crippen LogP contribution is -2.44. The third-order valence-corrected chi connectivity index (χ3v) is 6.48. The fourth-order valence-corrected chi connectivity index (χ4v) is 4.83. The average molecular weight is 469 g/mol. The Bertz CT molecular complexity index is 1170. The first-order valence-corrected chi connectivity index (χ1v) is 12.2. The van der Waals surface area contributed by atoms with Gasteiger partial charge in [0.05, 0.1) is 31.2 Å². The van der Waals surface area contributed by atoms with Crippen molar-refractivity contribution in [2.45, 2.75) is 58.8 Å². The van der Waals surface area contributed by atoms with E-state index < -0.39 is 5.97 Å². The number of aromatic nitrogens is 5. The van der Waals surface area contributed by atoms with Crippen LogP contribution >= 0.6 is 0 Å². The van der Waals surface area contributed by atoms with Crippen LogP contribution in [0.4, 0.5) is 5.69 Å². The molecule has 0 N–H and O–H groups in total. The molecule has 34 heavy (non-hydrogen) atoms. The zero-order valence-electron chi connectivity index (χ0n) is 20.1. The monoisotopic (exact) mass is 468 g/mol. The first-order valence-electron chi connectivity index (χ1n) is 12.2. The lowest BCUT2D eigenvalue weighted by atomic mass is 10.1. The Morgan fingerprint density at radius 3 is 2.88 bits per heavy atom.